The van der Waals surface area contributed by atoms with Gasteiger partial charge in [-0.15, -0.1) is 17.0 Å². The SMILES string of the molecule is Br.NCCCn1[nH]c(=O)c2ccccc2c1=O. The van der Waals surface area contributed by atoms with Gasteiger partial charge in [0, 0.05) is 6.54 Å². The number of nitrogens with two attached hydrogens (primary N) is 1. The fourth-order valence-electron chi connectivity index (χ4n) is 1.65. The molecule has 0 spiro atoms. The van der Waals surface area contributed by atoms with Gasteiger partial charge in [0.2, 0.25) is 0 Å². The molecule has 0 bridgehead atoms. The molecule has 0 aliphatic rings. The van der Waals surface area contributed by atoms with Gasteiger partial charge in [-0.2, -0.15) is 0 Å². The lowest BCUT2D eigenvalue weighted by Crippen LogP contribution is -2.30. The van der Waals surface area contributed by atoms with E-state index in [2.05, 4.69) is 5.10 Å². The summed E-state index contributed by atoms with van der Waals surface area (Å²) >= 11 is 0. The third kappa shape index (κ3) is 2.65. The molecular formula is C11H14BrN3O2. The Kier molecular flexibility index (Phi) is 4.65. The van der Waals surface area contributed by atoms with Crippen molar-refractivity contribution in [3.05, 3.63) is 45.0 Å². The average Bonchev–Trinajstić information content (AvgIpc) is 2.32. The van der Waals surface area contributed by atoms with Gasteiger partial charge in [-0.1, -0.05) is 12.1 Å². The number of hydrogen-bond acceptors (Lipinski definition) is 3. The maximum Gasteiger partial charge on any atom is 0.273 e. The first-order valence-electron chi connectivity index (χ1n) is 5.16. The summed E-state index contributed by atoms with van der Waals surface area (Å²) < 4.78 is 1.32. The van der Waals surface area contributed by atoms with Gasteiger partial charge in [-0.3, -0.25) is 14.7 Å². The first kappa shape index (κ1) is 13.7. The van der Waals surface area contributed by atoms with Crippen LogP contribution in [0.1, 0.15) is 6.42 Å². The van der Waals surface area contributed by atoms with E-state index in [0.29, 0.717) is 30.3 Å². The predicted octanol–water partition coefficient (Wildman–Crippen LogP) is 0.616. The Balaban J connectivity index is 0.00000144. The van der Waals surface area contributed by atoms with E-state index in [-0.39, 0.29) is 28.1 Å². The maximum atomic E-state index is 11.9. The van der Waals surface area contributed by atoms with E-state index < -0.39 is 0 Å². The molecule has 0 aliphatic carbocycles. The van der Waals surface area contributed by atoms with E-state index in [1.54, 1.807) is 24.3 Å². The highest BCUT2D eigenvalue weighted by Crippen LogP contribution is 2.02. The highest BCUT2D eigenvalue weighted by Gasteiger charge is 2.05. The second-order valence-electron chi connectivity index (χ2n) is 3.59. The van der Waals surface area contributed by atoms with Crippen LogP contribution in [0.3, 0.4) is 0 Å². The molecule has 1 aromatic carbocycles. The van der Waals surface area contributed by atoms with E-state index >= 15 is 0 Å². The van der Waals surface area contributed by atoms with Crippen LogP contribution in [0.15, 0.2) is 33.9 Å². The Morgan fingerprint density at radius 2 is 1.82 bits per heavy atom. The minimum Gasteiger partial charge on any atom is -0.330 e. The summed E-state index contributed by atoms with van der Waals surface area (Å²) in [5.74, 6) is 0. The fraction of sp³-hybridized carbons (Fsp3) is 0.273. The Morgan fingerprint density at radius 3 is 2.47 bits per heavy atom. The van der Waals surface area contributed by atoms with Gasteiger partial charge in [0.1, 0.15) is 0 Å². The zero-order chi connectivity index (χ0) is 11.5. The molecule has 0 amide bonds. The summed E-state index contributed by atoms with van der Waals surface area (Å²) in [6.07, 6.45) is 0.661. The number of nitrogens with one attached hydrogen (secondary N) is 1. The molecule has 5 nitrogen and oxygen atoms in total. The summed E-state index contributed by atoms with van der Waals surface area (Å²) in [4.78, 5) is 23.6. The molecule has 0 fully saturated rings. The molecule has 0 radical (unpaired) electrons. The van der Waals surface area contributed by atoms with Crippen LogP contribution in [0.4, 0.5) is 0 Å². The largest absolute Gasteiger partial charge is 0.330 e. The van der Waals surface area contributed by atoms with E-state index in [1.807, 2.05) is 0 Å². The summed E-state index contributed by atoms with van der Waals surface area (Å²) in [5, 5.41) is 3.42. The van der Waals surface area contributed by atoms with Crippen LogP contribution in [0.5, 0.6) is 0 Å². The van der Waals surface area contributed by atoms with Crippen LogP contribution >= 0.6 is 17.0 Å². The fourth-order valence-corrected chi connectivity index (χ4v) is 1.65. The highest BCUT2D eigenvalue weighted by atomic mass is 79.9. The topological polar surface area (TPSA) is 80.9 Å². The molecule has 1 heterocycles. The number of aryl methyl sites for hydroxylation is 1. The molecule has 2 rings (SSSR count). The van der Waals surface area contributed by atoms with E-state index in [4.69, 9.17) is 5.73 Å². The van der Waals surface area contributed by atoms with E-state index in [1.165, 1.54) is 4.68 Å². The normalized spacial score (nSPS) is 10.2. The predicted molar refractivity (Wildman–Crippen MR) is 72.8 cm³/mol. The third-order valence-corrected chi connectivity index (χ3v) is 2.47. The molecule has 6 heteroatoms. The summed E-state index contributed by atoms with van der Waals surface area (Å²) in [6.45, 7) is 0.927. The number of hydrogen-bond donors (Lipinski definition) is 2. The quantitative estimate of drug-likeness (QED) is 0.872. The van der Waals surface area contributed by atoms with Crippen molar-refractivity contribution in [3.63, 3.8) is 0 Å². The van der Waals surface area contributed by atoms with Crippen molar-refractivity contribution < 1.29 is 0 Å². The molecule has 0 saturated carbocycles. The lowest BCUT2D eigenvalue weighted by atomic mass is 10.2. The first-order valence-corrected chi connectivity index (χ1v) is 5.16. The minimum atomic E-state index is -0.243. The molecule has 0 atom stereocenters. The zero-order valence-electron chi connectivity index (χ0n) is 9.18. The van der Waals surface area contributed by atoms with Gasteiger partial charge < -0.3 is 5.73 Å². The van der Waals surface area contributed by atoms with Crippen molar-refractivity contribution in [2.75, 3.05) is 6.54 Å². The molecule has 17 heavy (non-hydrogen) atoms. The van der Waals surface area contributed by atoms with Gasteiger partial charge in [0.15, 0.2) is 0 Å². The van der Waals surface area contributed by atoms with Gasteiger partial charge in [-0.05, 0) is 25.1 Å². The van der Waals surface area contributed by atoms with Gasteiger partial charge in [0.25, 0.3) is 11.1 Å². The summed E-state index contributed by atoms with van der Waals surface area (Å²) in [5.41, 5.74) is 4.95. The van der Waals surface area contributed by atoms with Crippen LogP contribution in [-0.2, 0) is 6.54 Å². The molecule has 2 aromatic rings. The van der Waals surface area contributed by atoms with E-state index in [9.17, 15) is 9.59 Å². The number of benzene rings is 1. The number of rotatable bonds is 3. The Bertz CT molecular complexity index is 618. The minimum absolute atomic E-state index is 0. The molecule has 1 aromatic heterocycles. The van der Waals surface area contributed by atoms with Crippen LogP contribution in [0.2, 0.25) is 0 Å². The molecule has 3 N–H and O–H groups in total. The van der Waals surface area contributed by atoms with Crippen molar-refractivity contribution in [1.82, 2.24) is 9.78 Å². The zero-order valence-corrected chi connectivity index (χ0v) is 10.9. The monoisotopic (exact) mass is 299 g/mol. The number of nitrogens with zero attached hydrogens (tertiary/aromatic N) is 1. The van der Waals surface area contributed by atoms with Crippen LogP contribution in [0.25, 0.3) is 10.8 Å². The second-order valence-corrected chi connectivity index (χ2v) is 3.59. The van der Waals surface area contributed by atoms with Gasteiger partial charge >= 0.3 is 0 Å². The van der Waals surface area contributed by atoms with Crippen LogP contribution in [-0.4, -0.2) is 16.3 Å². The Morgan fingerprint density at radius 1 is 1.18 bits per heavy atom. The van der Waals surface area contributed by atoms with Crippen molar-refractivity contribution in [3.8, 4) is 0 Å². The Hall–Kier alpha value is -1.40. The third-order valence-electron chi connectivity index (χ3n) is 2.47. The number of aromatic amines is 1. The molecular weight excluding hydrogens is 286 g/mol. The number of H-pyrrole nitrogens is 1. The number of fused-ring (bicyclic) bond motifs is 1. The highest BCUT2D eigenvalue weighted by molar-refractivity contribution is 8.93. The van der Waals surface area contributed by atoms with Gasteiger partial charge in [-0.25, -0.2) is 4.68 Å². The number of aromatic nitrogens is 2. The van der Waals surface area contributed by atoms with Crippen LogP contribution < -0.4 is 16.9 Å². The van der Waals surface area contributed by atoms with E-state index in [0.717, 1.165) is 0 Å². The van der Waals surface area contributed by atoms with Crippen molar-refractivity contribution >= 4 is 27.8 Å². The Labute approximate surface area is 108 Å². The second kappa shape index (κ2) is 5.79. The van der Waals surface area contributed by atoms with Crippen molar-refractivity contribution in [2.24, 2.45) is 5.73 Å². The first-order chi connectivity index (χ1) is 7.74. The molecule has 0 saturated heterocycles. The standard InChI is InChI=1S/C11H13N3O2.BrH/c12-6-3-7-14-11(16)9-5-2-1-4-8(9)10(15)13-14;/h1-2,4-5H,3,6-7,12H2,(H,13,15);1H. The summed E-state index contributed by atoms with van der Waals surface area (Å²) in [7, 11) is 0. The molecule has 92 valence electrons. The lowest BCUT2D eigenvalue weighted by Gasteiger charge is -2.05. The average molecular weight is 300 g/mol. The molecule has 0 aliphatic heterocycles. The van der Waals surface area contributed by atoms with Gasteiger partial charge in [0.05, 0.1) is 10.8 Å². The molecule has 0 unspecified atom stereocenters. The lowest BCUT2D eigenvalue weighted by molar-refractivity contribution is 0.552. The van der Waals surface area contributed by atoms with Crippen molar-refractivity contribution in [1.29, 1.82) is 0 Å². The maximum absolute atomic E-state index is 11.9. The van der Waals surface area contributed by atoms with Crippen LogP contribution in [0, 0.1) is 0 Å². The van der Waals surface area contributed by atoms with Crippen molar-refractivity contribution in [2.45, 2.75) is 13.0 Å². The number of halogens is 1. The smallest absolute Gasteiger partial charge is 0.273 e. The summed E-state index contributed by atoms with van der Waals surface area (Å²) in [6, 6.07) is 6.78.